The molecule has 0 bridgehead atoms. The van der Waals surface area contributed by atoms with Crippen LogP contribution in [0.25, 0.3) is 0 Å². The Kier molecular flexibility index (Phi) is 5.58. The number of rotatable bonds is 4. The Balaban J connectivity index is 2.08. The normalized spacial score (nSPS) is 18.4. The third-order valence-electron chi connectivity index (χ3n) is 5.70. The van der Waals surface area contributed by atoms with Crippen LogP contribution in [0, 0.1) is 22.2 Å². The third kappa shape index (κ3) is 4.04. The van der Waals surface area contributed by atoms with E-state index in [0.29, 0.717) is 12.8 Å². The molecule has 1 aromatic rings. The van der Waals surface area contributed by atoms with Crippen molar-refractivity contribution in [1.82, 2.24) is 4.90 Å². The molecule has 1 aromatic carbocycles. The largest absolute Gasteiger partial charge is 0.460 e. The van der Waals surface area contributed by atoms with Gasteiger partial charge in [-0.1, -0.05) is 30.3 Å². The Morgan fingerprint density at radius 3 is 2.20 bits per heavy atom. The van der Waals surface area contributed by atoms with Gasteiger partial charge in [0, 0.05) is 18.6 Å². The second-order valence-electron chi connectivity index (χ2n) is 8.54. The summed E-state index contributed by atoms with van der Waals surface area (Å²) >= 11 is 0. The van der Waals surface area contributed by atoms with Crippen LogP contribution in [0.15, 0.2) is 30.3 Å². The molecule has 0 spiro atoms. The van der Waals surface area contributed by atoms with E-state index in [9.17, 15) is 10.1 Å². The van der Waals surface area contributed by atoms with Crippen molar-refractivity contribution in [2.75, 3.05) is 13.1 Å². The molecule has 0 unspecified atom stereocenters. The van der Waals surface area contributed by atoms with E-state index in [2.05, 4.69) is 31.7 Å². The van der Waals surface area contributed by atoms with Crippen LogP contribution in [0.1, 0.15) is 53.0 Å². The number of esters is 1. The molecule has 136 valence electrons. The van der Waals surface area contributed by atoms with Gasteiger partial charge < -0.3 is 4.74 Å². The van der Waals surface area contributed by atoms with E-state index in [-0.39, 0.29) is 18.1 Å². The Labute approximate surface area is 151 Å². The van der Waals surface area contributed by atoms with Gasteiger partial charge >= 0.3 is 5.97 Å². The molecule has 0 radical (unpaired) electrons. The number of benzene rings is 1. The van der Waals surface area contributed by atoms with E-state index in [1.807, 2.05) is 44.2 Å². The molecule has 1 fully saturated rings. The van der Waals surface area contributed by atoms with Gasteiger partial charge in [0.1, 0.15) is 6.61 Å². The quantitative estimate of drug-likeness (QED) is 0.771. The first-order valence-corrected chi connectivity index (χ1v) is 9.00. The van der Waals surface area contributed by atoms with E-state index >= 15 is 0 Å². The lowest BCUT2D eigenvalue weighted by atomic mass is 9.61. The number of piperidine rings is 1. The molecule has 0 aliphatic carbocycles. The van der Waals surface area contributed by atoms with Crippen molar-refractivity contribution < 1.29 is 9.53 Å². The summed E-state index contributed by atoms with van der Waals surface area (Å²) in [6.07, 6.45) is 1.38. The number of nitriles is 1. The second-order valence-corrected chi connectivity index (χ2v) is 8.54. The maximum atomic E-state index is 12.8. The zero-order chi connectivity index (χ0) is 18.7. The van der Waals surface area contributed by atoms with Gasteiger partial charge in [0.2, 0.25) is 0 Å². The molecule has 0 N–H and O–H groups in total. The highest BCUT2D eigenvalue weighted by Crippen LogP contribution is 2.48. The molecule has 0 saturated carbocycles. The maximum absolute atomic E-state index is 12.8. The first kappa shape index (κ1) is 19.5. The van der Waals surface area contributed by atoms with Crippen LogP contribution in [0.5, 0.6) is 0 Å². The predicted molar refractivity (Wildman–Crippen MR) is 98.6 cm³/mol. The first-order valence-electron chi connectivity index (χ1n) is 9.00. The molecular formula is C21H30N2O2. The summed E-state index contributed by atoms with van der Waals surface area (Å²) in [5.74, 6) is -0.290. The summed E-state index contributed by atoms with van der Waals surface area (Å²) in [6, 6.07) is 12.1. The Bertz CT molecular complexity index is 630. The minimum absolute atomic E-state index is 0.0829. The highest BCUT2D eigenvalue weighted by molar-refractivity contribution is 5.77. The van der Waals surface area contributed by atoms with Crippen molar-refractivity contribution in [2.45, 2.75) is 59.6 Å². The molecule has 25 heavy (non-hydrogen) atoms. The highest BCUT2D eigenvalue weighted by atomic mass is 16.5. The lowest BCUT2D eigenvalue weighted by Gasteiger charge is -2.48. The topological polar surface area (TPSA) is 53.3 Å². The smallest absolute Gasteiger partial charge is 0.313 e. The summed E-state index contributed by atoms with van der Waals surface area (Å²) in [5, 5.41) is 9.92. The number of nitrogens with zero attached hydrogens (tertiary/aromatic N) is 2. The lowest BCUT2D eigenvalue weighted by Crippen LogP contribution is -2.54. The van der Waals surface area contributed by atoms with Crippen LogP contribution in [-0.4, -0.2) is 29.5 Å². The van der Waals surface area contributed by atoms with E-state index in [4.69, 9.17) is 4.74 Å². The Morgan fingerprint density at radius 1 is 1.16 bits per heavy atom. The van der Waals surface area contributed by atoms with Crippen molar-refractivity contribution in [3.05, 3.63) is 35.9 Å². The van der Waals surface area contributed by atoms with E-state index < -0.39 is 10.8 Å². The van der Waals surface area contributed by atoms with Crippen molar-refractivity contribution in [3.63, 3.8) is 0 Å². The highest BCUT2D eigenvalue weighted by Gasteiger charge is 2.53. The zero-order valence-electron chi connectivity index (χ0n) is 16.1. The summed E-state index contributed by atoms with van der Waals surface area (Å²) in [6.45, 7) is 12.2. The lowest BCUT2D eigenvalue weighted by molar-refractivity contribution is -0.163. The molecule has 1 heterocycles. The summed E-state index contributed by atoms with van der Waals surface area (Å²) in [7, 11) is 0. The second kappa shape index (κ2) is 7.17. The van der Waals surface area contributed by atoms with E-state index in [1.54, 1.807) is 0 Å². The minimum atomic E-state index is -0.833. The average molecular weight is 342 g/mol. The van der Waals surface area contributed by atoms with Crippen LogP contribution in [0.3, 0.4) is 0 Å². The summed E-state index contributed by atoms with van der Waals surface area (Å²) < 4.78 is 5.56. The number of carbonyl (C=O) groups is 1. The van der Waals surface area contributed by atoms with Crippen molar-refractivity contribution in [2.24, 2.45) is 10.8 Å². The molecule has 0 amide bonds. The maximum Gasteiger partial charge on any atom is 0.313 e. The van der Waals surface area contributed by atoms with Crippen LogP contribution in [0.4, 0.5) is 0 Å². The Morgan fingerprint density at radius 2 is 1.72 bits per heavy atom. The van der Waals surface area contributed by atoms with Crippen LogP contribution >= 0.6 is 0 Å². The minimum Gasteiger partial charge on any atom is -0.460 e. The number of likely N-dealkylation sites (tertiary alicyclic amines) is 1. The number of hydrogen-bond acceptors (Lipinski definition) is 4. The molecule has 2 rings (SSSR count). The first-order chi connectivity index (χ1) is 11.6. The van der Waals surface area contributed by atoms with Crippen molar-refractivity contribution in [3.8, 4) is 6.07 Å². The van der Waals surface area contributed by atoms with Crippen LogP contribution in [-0.2, 0) is 16.1 Å². The zero-order valence-corrected chi connectivity index (χ0v) is 16.1. The standard InChI is InChI=1S/C21H30N2O2/c1-19(2,3)23-13-11-21(16-22,12-14-23)20(4,5)18(24)25-15-17-9-7-6-8-10-17/h6-10H,11-15H2,1-5H3. The van der Waals surface area contributed by atoms with Gasteiger partial charge in [0.15, 0.2) is 0 Å². The van der Waals surface area contributed by atoms with Gasteiger partial charge in [-0.3, -0.25) is 9.69 Å². The molecule has 1 aliphatic rings. The predicted octanol–water partition coefficient (Wildman–Crippen LogP) is 4.16. The Hall–Kier alpha value is -1.86. The molecule has 4 heteroatoms. The summed E-state index contributed by atoms with van der Waals surface area (Å²) in [4.78, 5) is 15.2. The number of carbonyl (C=O) groups excluding carboxylic acids is 1. The summed E-state index contributed by atoms with van der Waals surface area (Å²) in [5.41, 5.74) is -0.469. The fraction of sp³-hybridized carbons (Fsp3) is 0.619. The van der Waals surface area contributed by atoms with Crippen LogP contribution in [0.2, 0.25) is 0 Å². The van der Waals surface area contributed by atoms with Gasteiger partial charge in [-0.25, -0.2) is 0 Å². The average Bonchev–Trinajstić information content (AvgIpc) is 2.59. The molecule has 1 saturated heterocycles. The molecular weight excluding hydrogens is 312 g/mol. The number of hydrogen-bond donors (Lipinski definition) is 0. The number of ether oxygens (including phenoxy) is 1. The van der Waals surface area contributed by atoms with Crippen molar-refractivity contribution >= 4 is 5.97 Å². The monoisotopic (exact) mass is 342 g/mol. The SMILES string of the molecule is CC(C)(C)N1CCC(C#N)(C(C)(C)C(=O)OCc2ccccc2)CC1. The molecule has 4 nitrogen and oxygen atoms in total. The molecule has 0 aromatic heterocycles. The molecule has 1 aliphatic heterocycles. The van der Waals surface area contributed by atoms with Gasteiger partial charge in [-0.05, 0) is 53.0 Å². The third-order valence-corrected chi connectivity index (χ3v) is 5.70. The van der Waals surface area contributed by atoms with E-state index in [1.165, 1.54) is 0 Å². The van der Waals surface area contributed by atoms with Gasteiger partial charge in [0.05, 0.1) is 16.9 Å². The fourth-order valence-corrected chi connectivity index (χ4v) is 3.53. The van der Waals surface area contributed by atoms with Gasteiger partial charge in [0.25, 0.3) is 0 Å². The van der Waals surface area contributed by atoms with E-state index in [0.717, 1.165) is 18.7 Å². The van der Waals surface area contributed by atoms with Crippen molar-refractivity contribution in [1.29, 1.82) is 5.26 Å². The molecule has 0 atom stereocenters. The fourth-order valence-electron chi connectivity index (χ4n) is 3.53. The van der Waals surface area contributed by atoms with Gasteiger partial charge in [-0.15, -0.1) is 0 Å². The van der Waals surface area contributed by atoms with Crippen LogP contribution < -0.4 is 0 Å². The van der Waals surface area contributed by atoms with Gasteiger partial charge in [-0.2, -0.15) is 5.26 Å².